The van der Waals surface area contributed by atoms with Gasteiger partial charge in [-0.25, -0.2) is 4.79 Å². The third-order valence-electron chi connectivity index (χ3n) is 16.0. The first-order valence-corrected chi connectivity index (χ1v) is 20.1. The second-order valence-electron chi connectivity index (χ2n) is 17.9. The first-order chi connectivity index (χ1) is 21.8. The van der Waals surface area contributed by atoms with Crippen LogP contribution in [-0.2, 0) is 11.2 Å². The highest BCUT2D eigenvalue weighted by atomic mass is 32.2. The van der Waals surface area contributed by atoms with Crippen LogP contribution in [-0.4, -0.2) is 63.8 Å². The van der Waals surface area contributed by atoms with E-state index in [2.05, 4.69) is 57.8 Å². The predicted molar refractivity (Wildman–Crippen MR) is 189 cm³/mol. The number of nitrogens with zero attached hydrogens (tertiary/aromatic N) is 1. The lowest BCUT2D eigenvalue weighted by molar-refractivity contribution is -0.219. The molecule has 7 rings (SSSR count). The number of rotatable bonds is 6. The number of nitrogens with one attached hydrogen (secondary N) is 1. The zero-order valence-electron chi connectivity index (χ0n) is 29.5. The maximum Gasteiger partial charge on any atom is 0.335 e. The number of allylic oxidation sites excluding steroid dienone is 2. The molecule has 1 aliphatic heterocycles. The third-order valence-corrected chi connectivity index (χ3v) is 17.2. The summed E-state index contributed by atoms with van der Waals surface area (Å²) in [4.78, 5) is 14.1. The fraction of sp³-hybridized carbons (Fsp3) is 0.775. The quantitative estimate of drug-likeness (QED) is 0.307. The van der Waals surface area contributed by atoms with Crippen molar-refractivity contribution < 1.29 is 14.5 Å². The first-order valence-electron chi connectivity index (χ1n) is 18.6. The molecule has 2 N–H and O–H groups in total. The summed E-state index contributed by atoms with van der Waals surface area (Å²) in [5.74, 6) is 4.54. The van der Waals surface area contributed by atoms with E-state index >= 15 is 0 Å². The van der Waals surface area contributed by atoms with Crippen molar-refractivity contribution >= 4 is 22.7 Å². The van der Waals surface area contributed by atoms with Crippen LogP contribution in [0.2, 0.25) is 0 Å². The van der Waals surface area contributed by atoms with Gasteiger partial charge in [-0.3, -0.25) is 4.90 Å². The summed E-state index contributed by atoms with van der Waals surface area (Å²) in [6.45, 7) is 19.8. The summed E-state index contributed by atoms with van der Waals surface area (Å²) in [6.07, 6.45) is 14.4. The van der Waals surface area contributed by atoms with Crippen LogP contribution >= 0.6 is 0 Å². The van der Waals surface area contributed by atoms with Gasteiger partial charge in [-0.2, -0.15) is 0 Å². The molecular formula is C40H60N2O3S. The van der Waals surface area contributed by atoms with Gasteiger partial charge in [0.25, 0.3) is 0 Å². The van der Waals surface area contributed by atoms with E-state index in [0.717, 1.165) is 67.8 Å². The second kappa shape index (κ2) is 11.6. The molecule has 6 aliphatic rings. The monoisotopic (exact) mass is 648 g/mol. The number of carboxylic acid groups (broad SMARTS) is 1. The smallest absolute Gasteiger partial charge is 0.335 e. The SMILES string of the molecule is C[C@@H]1CCC2(NCCN3CC[S+]([O-])CC3)CC[C@]3(C)[C@H](CC[C@@H]4[C@@]5(C)CC=C(c6ccc(C(=O)O)cc6)C(C)(C)[C@@H]5CC[C@]43C)[C@@H]12. The molecular weight excluding hydrogens is 589 g/mol. The van der Waals surface area contributed by atoms with Gasteiger partial charge in [-0.1, -0.05) is 70.9 Å². The van der Waals surface area contributed by atoms with Gasteiger partial charge in [0.1, 0.15) is 11.5 Å². The largest absolute Gasteiger partial charge is 0.616 e. The molecule has 1 aromatic carbocycles. The molecule has 9 atom stereocenters. The minimum Gasteiger partial charge on any atom is -0.616 e. The zero-order chi connectivity index (χ0) is 32.7. The van der Waals surface area contributed by atoms with Crippen LogP contribution in [0.3, 0.4) is 0 Å². The highest BCUT2D eigenvalue weighted by Gasteiger charge is 2.70. The molecule has 0 amide bonds. The average molecular weight is 649 g/mol. The Morgan fingerprint density at radius 2 is 1.65 bits per heavy atom. The molecule has 5 fully saturated rings. The van der Waals surface area contributed by atoms with E-state index in [9.17, 15) is 14.5 Å². The van der Waals surface area contributed by atoms with Gasteiger partial charge in [0.05, 0.1) is 5.56 Å². The van der Waals surface area contributed by atoms with Crippen LogP contribution in [0.1, 0.15) is 115 Å². The highest BCUT2D eigenvalue weighted by Crippen LogP contribution is 2.76. The lowest BCUT2D eigenvalue weighted by Gasteiger charge is -2.72. The molecule has 0 aromatic heterocycles. The number of aromatic carboxylic acids is 1. The summed E-state index contributed by atoms with van der Waals surface area (Å²) in [5.41, 5.74) is 4.33. The number of fused-ring (bicyclic) bond motifs is 7. The van der Waals surface area contributed by atoms with E-state index in [1.54, 1.807) is 12.1 Å². The molecule has 254 valence electrons. The number of carboxylic acids is 1. The Morgan fingerprint density at radius 3 is 2.35 bits per heavy atom. The summed E-state index contributed by atoms with van der Waals surface area (Å²) in [5, 5.41) is 13.7. The summed E-state index contributed by atoms with van der Waals surface area (Å²) in [6, 6.07) is 7.64. The summed E-state index contributed by atoms with van der Waals surface area (Å²) < 4.78 is 11.9. The van der Waals surface area contributed by atoms with E-state index in [1.807, 2.05) is 12.1 Å². The van der Waals surface area contributed by atoms with E-state index in [4.69, 9.17) is 0 Å². The molecule has 0 spiro atoms. The Balaban J connectivity index is 1.13. The minimum atomic E-state index is -0.855. The van der Waals surface area contributed by atoms with Crippen LogP contribution in [0.15, 0.2) is 30.3 Å². The van der Waals surface area contributed by atoms with E-state index in [1.165, 1.54) is 62.5 Å². The Labute approximate surface area is 281 Å². The van der Waals surface area contributed by atoms with Gasteiger partial charge in [0, 0.05) is 31.7 Å². The Kier molecular flexibility index (Phi) is 8.39. The normalized spacial score (nSPS) is 44.0. The Hall–Kier alpha value is -1.34. The van der Waals surface area contributed by atoms with E-state index in [0.29, 0.717) is 27.9 Å². The van der Waals surface area contributed by atoms with Crippen LogP contribution in [0.4, 0.5) is 0 Å². The van der Waals surface area contributed by atoms with Crippen LogP contribution in [0.5, 0.6) is 0 Å². The molecule has 5 nitrogen and oxygen atoms in total. The second-order valence-corrected chi connectivity index (χ2v) is 19.6. The Morgan fingerprint density at radius 1 is 0.935 bits per heavy atom. The molecule has 1 heterocycles. The van der Waals surface area contributed by atoms with Gasteiger partial charge < -0.3 is 15.0 Å². The van der Waals surface area contributed by atoms with Crippen molar-refractivity contribution in [3.63, 3.8) is 0 Å². The van der Waals surface area contributed by atoms with Gasteiger partial charge in [0.2, 0.25) is 0 Å². The maximum atomic E-state index is 11.9. The zero-order valence-corrected chi connectivity index (χ0v) is 30.3. The van der Waals surface area contributed by atoms with Crippen LogP contribution in [0.25, 0.3) is 5.57 Å². The lowest BCUT2D eigenvalue weighted by Crippen LogP contribution is -2.68. The fourth-order valence-electron chi connectivity index (χ4n) is 13.5. The van der Waals surface area contributed by atoms with Crippen molar-refractivity contribution in [2.75, 3.05) is 37.7 Å². The molecule has 0 radical (unpaired) electrons. The fourth-order valence-corrected chi connectivity index (χ4v) is 14.6. The van der Waals surface area contributed by atoms with Crippen molar-refractivity contribution in [1.29, 1.82) is 0 Å². The topological polar surface area (TPSA) is 75.6 Å². The molecule has 6 heteroatoms. The molecule has 4 saturated carbocycles. The van der Waals surface area contributed by atoms with Crippen molar-refractivity contribution in [2.24, 2.45) is 51.2 Å². The Bertz CT molecular complexity index is 1350. The summed E-state index contributed by atoms with van der Waals surface area (Å²) in [7, 11) is 0. The number of benzene rings is 1. The van der Waals surface area contributed by atoms with Crippen LogP contribution in [0, 0.1) is 51.2 Å². The van der Waals surface area contributed by atoms with E-state index in [-0.39, 0.29) is 10.8 Å². The first kappa shape index (κ1) is 33.2. The van der Waals surface area contributed by atoms with Crippen molar-refractivity contribution in [3.8, 4) is 0 Å². The van der Waals surface area contributed by atoms with E-state index < -0.39 is 17.1 Å². The predicted octanol–water partition coefficient (Wildman–Crippen LogP) is 7.89. The van der Waals surface area contributed by atoms with Crippen molar-refractivity contribution in [3.05, 3.63) is 41.5 Å². The van der Waals surface area contributed by atoms with Gasteiger partial charge in [-0.15, -0.1) is 0 Å². The minimum absolute atomic E-state index is 0.0474. The number of hydrogen-bond donors (Lipinski definition) is 2. The third kappa shape index (κ3) is 4.92. The molecule has 46 heavy (non-hydrogen) atoms. The average Bonchev–Trinajstić information content (AvgIpc) is 3.34. The van der Waals surface area contributed by atoms with Gasteiger partial charge in [0.15, 0.2) is 0 Å². The standard InChI is InChI=1S/C40H60N2O3S/c1-27-13-18-40(41-21-22-42-23-25-46(45)26-24-42)20-19-38(5)31(34(27)40)11-12-33-37(4)16-14-30(28-7-9-29(10-8-28)35(43)44)36(2,3)32(37)15-17-39(33,38)6/h7-10,14,27,31-34,41H,11-13,15-26H2,1-6H3,(H,43,44)/t27-,31-,32+,33-,34-,37+,38-,39-,40?/m1/s1. The maximum absolute atomic E-state index is 11.9. The van der Waals surface area contributed by atoms with Crippen LogP contribution < -0.4 is 5.32 Å². The van der Waals surface area contributed by atoms with Crippen molar-refractivity contribution in [1.82, 2.24) is 10.2 Å². The molecule has 1 saturated heterocycles. The highest BCUT2D eigenvalue weighted by molar-refractivity contribution is 7.91. The number of carbonyl (C=O) groups is 1. The summed E-state index contributed by atoms with van der Waals surface area (Å²) >= 11 is -0.604. The number of hydrogen-bond acceptors (Lipinski definition) is 4. The van der Waals surface area contributed by atoms with Gasteiger partial charge in [-0.05, 0) is 132 Å². The molecule has 1 aromatic rings. The lowest BCUT2D eigenvalue weighted by atomic mass is 9.33. The molecule has 5 aliphatic carbocycles. The van der Waals surface area contributed by atoms with Gasteiger partial charge >= 0.3 is 5.97 Å². The molecule has 1 unspecified atom stereocenters. The molecule has 0 bridgehead atoms. The van der Waals surface area contributed by atoms with Crippen molar-refractivity contribution in [2.45, 2.75) is 105 Å².